The van der Waals surface area contributed by atoms with Crippen molar-refractivity contribution in [2.45, 2.75) is 128 Å². The van der Waals surface area contributed by atoms with Gasteiger partial charge in [-0.1, -0.05) is 168 Å². The maximum absolute atomic E-state index is 14.3. The monoisotopic (exact) mass is 940 g/mol. The van der Waals surface area contributed by atoms with Crippen LogP contribution < -0.4 is 0 Å². The minimum Gasteiger partial charge on any atom is -0.660 e. The predicted molar refractivity (Wildman–Crippen MR) is 261 cm³/mol. The van der Waals surface area contributed by atoms with E-state index in [1.165, 1.54) is 0 Å². The third-order valence-electron chi connectivity index (χ3n) is 10.7. The molecule has 9 nitrogen and oxygen atoms in total. The first-order valence-corrected chi connectivity index (χ1v) is 24.6. The first kappa shape index (κ1) is 51.6. The van der Waals surface area contributed by atoms with Gasteiger partial charge in [0.25, 0.3) is 0 Å². The molecule has 6 rings (SSSR count). The van der Waals surface area contributed by atoms with E-state index in [2.05, 4.69) is 47.1 Å². The summed E-state index contributed by atoms with van der Waals surface area (Å²) < 4.78 is 65.9. The Hall–Kier alpha value is -5.00. The van der Waals surface area contributed by atoms with Gasteiger partial charge in [-0.25, -0.2) is 16.8 Å². The number of rotatable bonds is 15. The van der Waals surface area contributed by atoms with Gasteiger partial charge in [0, 0.05) is 12.4 Å². The average Bonchev–Trinajstić information content (AvgIpc) is 3.24. The molecule has 4 aromatic carbocycles. The van der Waals surface area contributed by atoms with Gasteiger partial charge in [0.15, 0.2) is 0 Å². The third kappa shape index (κ3) is 12.6. The second-order valence-electron chi connectivity index (χ2n) is 17.6. The first-order chi connectivity index (χ1) is 29.7. The largest absolute Gasteiger partial charge is 3.00 e. The molecule has 0 unspecified atom stereocenters. The topological polar surface area (TPSA) is 136 Å². The molecule has 0 spiro atoms. The number of benzene rings is 4. The van der Waals surface area contributed by atoms with Crippen molar-refractivity contribution >= 4 is 42.8 Å². The van der Waals surface area contributed by atoms with E-state index in [1.807, 2.05) is 116 Å². The summed E-state index contributed by atoms with van der Waals surface area (Å²) in [5, 5.41) is 4.79. The van der Waals surface area contributed by atoms with Crippen molar-refractivity contribution in [1.29, 1.82) is 0 Å². The Morgan fingerprint density at radius 2 is 0.672 bits per heavy atom. The number of pyridine rings is 2. The molecule has 0 atom stereocenters. The number of nitrogens with zero attached hydrogens (tertiary/aromatic N) is 5. The number of hydrogen-bond acceptors (Lipinski definition) is 6. The Labute approximate surface area is 393 Å². The quantitative estimate of drug-likeness (QED) is 0.0940. The zero-order chi connectivity index (χ0) is 46.2. The van der Waals surface area contributed by atoms with E-state index in [0.717, 1.165) is 44.8 Å². The summed E-state index contributed by atoms with van der Waals surface area (Å²) >= 11 is 0. The van der Waals surface area contributed by atoms with Crippen molar-refractivity contribution in [3.8, 4) is 11.4 Å². The van der Waals surface area contributed by atoms with Gasteiger partial charge in [-0.15, -0.1) is 11.4 Å². The summed E-state index contributed by atoms with van der Waals surface area (Å²) in [4.78, 5) is 8.84. The Balaban J connectivity index is 0.000000590. The molecule has 0 aliphatic carbocycles. The fraction of sp³-hybridized carbons (Fsp3) is 0.346. The van der Waals surface area contributed by atoms with Crippen molar-refractivity contribution in [3.63, 3.8) is 0 Å². The number of sulfonamides is 2. The minimum atomic E-state index is -4.19. The molecular formula is C52H62FeN5O4S2. The van der Waals surface area contributed by atoms with Crippen LogP contribution in [0.3, 0.4) is 0 Å². The molecule has 0 amide bonds. The van der Waals surface area contributed by atoms with Crippen LogP contribution in [0.15, 0.2) is 131 Å². The fourth-order valence-electron chi connectivity index (χ4n) is 7.16. The van der Waals surface area contributed by atoms with Crippen LogP contribution in [0.25, 0.3) is 26.1 Å². The number of para-hydroxylation sites is 2. The molecule has 1 radical (unpaired) electrons. The summed E-state index contributed by atoms with van der Waals surface area (Å²) in [7, 11) is -8.37. The van der Waals surface area contributed by atoms with Crippen LogP contribution in [0, 0.1) is 0 Å². The smallest absolute Gasteiger partial charge is 0.660 e. The van der Waals surface area contributed by atoms with E-state index >= 15 is 0 Å². The summed E-state index contributed by atoms with van der Waals surface area (Å²) in [6.07, 6.45) is 3.54. The molecule has 0 saturated carbocycles. The van der Waals surface area contributed by atoms with Crippen molar-refractivity contribution in [3.05, 3.63) is 170 Å². The molecule has 0 fully saturated rings. The van der Waals surface area contributed by atoms with Gasteiger partial charge in [-0.2, -0.15) is 11.4 Å². The molecule has 12 heteroatoms. The second-order valence-corrected chi connectivity index (χ2v) is 20.7. The minimum absolute atomic E-state index is 0. The van der Waals surface area contributed by atoms with Crippen LogP contribution in [0.4, 0.5) is 22.7 Å². The summed E-state index contributed by atoms with van der Waals surface area (Å²) in [6.45, 7) is 24.4. The van der Waals surface area contributed by atoms with Crippen LogP contribution in [-0.4, -0.2) is 26.8 Å². The van der Waals surface area contributed by atoms with Crippen LogP contribution in [0.1, 0.15) is 152 Å². The van der Waals surface area contributed by atoms with Crippen molar-refractivity contribution in [2.75, 3.05) is 0 Å². The molecule has 64 heavy (non-hydrogen) atoms. The number of aromatic nitrogens is 2. The Morgan fingerprint density at radius 3 is 0.922 bits per heavy atom. The normalized spacial score (nSPS) is 11.8. The molecule has 0 bridgehead atoms. The zero-order valence-corrected chi connectivity index (χ0v) is 41.8. The maximum atomic E-state index is 14.3. The van der Waals surface area contributed by atoms with Gasteiger partial charge in [-0.05, 0) is 93.2 Å². The maximum Gasteiger partial charge on any atom is 3.00 e. The Bertz CT molecular complexity index is 2460. The standard InChI is InChI=1S/C42H54N3O4S2.C10H8N2.Fe/c1-25(2)31-21-33(27(5)6)41(34(22-31)28(7)8)50(46,47)44-39-19-15-13-17-37(39)43-38-18-14-16-20-40(38)45-51(48,49)42-35(29(9)10)23-32(26(3)4)24-36(42)30(11)12;1-3-7-11-9(5-1)10-6-2-4-8-12-10;/h13-30H,1-12H3;1-8H;/q-3;;+3. The van der Waals surface area contributed by atoms with Crippen molar-refractivity contribution in [2.24, 2.45) is 0 Å². The Morgan fingerprint density at radius 1 is 0.391 bits per heavy atom. The van der Waals surface area contributed by atoms with E-state index in [9.17, 15) is 16.8 Å². The molecule has 2 aromatic heterocycles. The van der Waals surface area contributed by atoms with Gasteiger partial charge in [0.2, 0.25) is 0 Å². The summed E-state index contributed by atoms with van der Waals surface area (Å²) in [6, 6.07) is 33.0. The molecule has 0 aliphatic heterocycles. The van der Waals surface area contributed by atoms with Crippen LogP contribution in [0.5, 0.6) is 0 Å². The van der Waals surface area contributed by atoms with E-state index in [-0.39, 0.29) is 85.1 Å². The fourth-order valence-corrected chi connectivity index (χ4v) is 10.5. The van der Waals surface area contributed by atoms with Crippen LogP contribution >= 0.6 is 0 Å². The van der Waals surface area contributed by atoms with Gasteiger partial charge in [0.05, 0.1) is 21.2 Å². The van der Waals surface area contributed by atoms with Gasteiger partial charge >= 0.3 is 17.1 Å². The van der Waals surface area contributed by atoms with Crippen molar-refractivity contribution in [1.82, 2.24) is 9.97 Å². The van der Waals surface area contributed by atoms with E-state index < -0.39 is 20.0 Å². The van der Waals surface area contributed by atoms with Gasteiger partial charge < -0.3 is 14.8 Å². The molecule has 0 aliphatic rings. The molecule has 0 N–H and O–H groups in total. The summed E-state index contributed by atoms with van der Waals surface area (Å²) in [5.74, 6) is 0.263. The van der Waals surface area contributed by atoms with E-state index in [1.54, 1.807) is 60.9 Å². The third-order valence-corrected chi connectivity index (χ3v) is 13.6. The number of hydrogen-bond donors (Lipinski definition) is 0. The molecule has 6 aromatic rings. The second kappa shape index (κ2) is 22.3. The summed E-state index contributed by atoms with van der Waals surface area (Å²) in [5.41, 5.74) is 7.82. The molecule has 339 valence electrons. The van der Waals surface area contributed by atoms with Gasteiger partial charge in [0.1, 0.15) is 20.0 Å². The molecule has 0 saturated heterocycles. The van der Waals surface area contributed by atoms with Crippen LogP contribution in [-0.2, 0) is 37.1 Å². The van der Waals surface area contributed by atoms with Gasteiger partial charge in [-0.3, -0.25) is 9.97 Å². The SMILES string of the molecule is CC(C)c1cc(C(C)C)c(S(=O)(=O)[N-]c2ccccc2[N-]c2ccccc2[N-]S(=O)(=O)c2c(C(C)C)cc(C(C)C)cc2C(C)C)c(C(C)C)c1.[Fe+3].c1ccc(-c2ccccn2)nc1. The van der Waals surface area contributed by atoms with E-state index in [4.69, 9.17) is 5.32 Å². The van der Waals surface area contributed by atoms with Crippen molar-refractivity contribution < 1.29 is 33.9 Å². The molecular weight excluding hydrogens is 879 g/mol. The predicted octanol–water partition coefficient (Wildman–Crippen LogP) is 15.7. The van der Waals surface area contributed by atoms with Crippen LogP contribution in [0.2, 0.25) is 0 Å². The Kier molecular flexibility index (Phi) is 18.0. The first-order valence-electron chi connectivity index (χ1n) is 21.7. The average molecular weight is 941 g/mol. The molecule has 2 heterocycles. The van der Waals surface area contributed by atoms with E-state index in [0.29, 0.717) is 0 Å². The zero-order valence-electron chi connectivity index (χ0n) is 39.1.